The van der Waals surface area contributed by atoms with Crippen LogP contribution in [0.15, 0.2) is 36.5 Å². The molecule has 0 saturated heterocycles. The molecule has 0 bridgehead atoms. The third-order valence-corrected chi connectivity index (χ3v) is 4.17. The summed E-state index contributed by atoms with van der Waals surface area (Å²) in [6.07, 6.45) is -1.37. The second-order valence-corrected chi connectivity index (χ2v) is 5.98. The summed E-state index contributed by atoms with van der Waals surface area (Å²) in [7, 11) is 0. The molecule has 1 heterocycles. The summed E-state index contributed by atoms with van der Waals surface area (Å²) >= 11 is 0. The Hall–Kier alpha value is -2.57. The lowest BCUT2D eigenvalue weighted by atomic mass is 9.90. The van der Waals surface area contributed by atoms with E-state index in [1.807, 2.05) is 26.8 Å². The second-order valence-electron chi connectivity index (χ2n) is 5.98. The van der Waals surface area contributed by atoms with Gasteiger partial charge >= 0.3 is 6.36 Å². The van der Waals surface area contributed by atoms with Crippen LogP contribution in [0.3, 0.4) is 0 Å². The summed E-state index contributed by atoms with van der Waals surface area (Å²) in [6, 6.07) is 7.28. The molecule has 1 aromatic heterocycles. The van der Waals surface area contributed by atoms with Crippen LogP contribution < -0.4 is 10.1 Å². The number of pyridine rings is 1. The van der Waals surface area contributed by atoms with Crippen LogP contribution in [0.5, 0.6) is 5.75 Å². The number of ether oxygens (including phenoxy) is 1. The molecule has 2 rings (SSSR count). The van der Waals surface area contributed by atoms with E-state index in [0.717, 1.165) is 24.0 Å². The molecule has 0 atom stereocenters. The first-order chi connectivity index (χ1) is 12.2. The molecule has 2 N–H and O–H groups in total. The van der Waals surface area contributed by atoms with Crippen molar-refractivity contribution >= 4 is 17.2 Å². The Morgan fingerprint density at radius 1 is 1.15 bits per heavy atom. The largest absolute Gasteiger partial charge is 0.573 e. The third-order valence-electron chi connectivity index (χ3n) is 4.17. The van der Waals surface area contributed by atoms with Gasteiger partial charge in [0.15, 0.2) is 0 Å². The van der Waals surface area contributed by atoms with E-state index in [1.54, 1.807) is 6.20 Å². The molecule has 7 heteroatoms. The molecular formula is C19H22F3N3O. The Kier molecular flexibility index (Phi) is 6.23. The monoisotopic (exact) mass is 365 g/mol. The Balaban J connectivity index is 2.27. The number of hydrogen-bond donors (Lipinski definition) is 2. The number of nitrogens with zero attached hydrogens (tertiary/aromatic N) is 1. The zero-order chi connectivity index (χ0) is 19.3. The highest BCUT2D eigenvalue weighted by Crippen LogP contribution is 2.28. The number of rotatable bonds is 7. The molecule has 0 saturated carbocycles. The molecule has 0 aliphatic heterocycles. The molecule has 0 spiro atoms. The first-order valence-electron chi connectivity index (χ1n) is 8.42. The van der Waals surface area contributed by atoms with Gasteiger partial charge in [-0.2, -0.15) is 0 Å². The van der Waals surface area contributed by atoms with Crippen molar-refractivity contribution in [3.63, 3.8) is 0 Å². The highest BCUT2D eigenvalue weighted by molar-refractivity contribution is 6.05. The van der Waals surface area contributed by atoms with Crippen molar-refractivity contribution in [2.75, 3.05) is 5.32 Å². The summed E-state index contributed by atoms with van der Waals surface area (Å²) < 4.78 is 40.6. The fourth-order valence-corrected chi connectivity index (χ4v) is 2.77. The van der Waals surface area contributed by atoms with Gasteiger partial charge in [-0.05, 0) is 55.7 Å². The summed E-state index contributed by atoms with van der Waals surface area (Å²) in [5.41, 5.74) is 2.74. The van der Waals surface area contributed by atoms with Gasteiger partial charge in [-0.1, -0.05) is 13.8 Å². The van der Waals surface area contributed by atoms with Crippen molar-refractivity contribution < 1.29 is 17.9 Å². The van der Waals surface area contributed by atoms with Gasteiger partial charge in [-0.3, -0.25) is 0 Å². The third kappa shape index (κ3) is 4.97. The molecule has 0 amide bonds. The number of aromatic nitrogens is 1. The molecule has 0 unspecified atom stereocenters. The Bertz CT molecular complexity index is 754. The first kappa shape index (κ1) is 19.8. The van der Waals surface area contributed by atoms with Gasteiger partial charge in [0.2, 0.25) is 0 Å². The molecule has 0 radical (unpaired) electrons. The molecule has 26 heavy (non-hydrogen) atoms. The van der Waals surface area contributed by atoms with Crippen molar-refractivity contribution in [1.29, 1.82) is 5.41 Å². The van der Waals surface area contributed by atoms with E-state index in [0.29, 0.717) is 17.2 Å². The fourth-order valence-electron chi connectivity index (χ4n) is 2.77. The highest BCUT2D eigenvalue weighted by Gasteiger charge is 2.31. The zero-order valence-corrected chi connectivity index (χ0v) is 14.9. The SMILES string of the molecule is CCC(CC)C(=N)c1c(C)ccnc1Nc1ccc(OC(F)(F)F)cc1. The predicted octanol–water partition coefficient (Wildman–Crippen LogP) is 5.84. The first-order valence-corrected chi connectivity index (χ1v) is 8.42. The quantitative estimate of drug-likeness (QED) is 0.606. The van der Waals surface area contributed by atoms with Crippen LogP contribution in [0.4, 0.5) is 24.7 Å². The van der Waals surface area contributed by atoms with E-state index in [1.165, 1.54) is 24.3 Å². The van der Waals surface area contributed by atoms with E-state index in [-0.39, 0.29) is 11.7 Å². The highest BCUT2D eigenvalue weighted by atomic mass is 19.4. The smallest absolute Gasteiger partial charge is 0.406 e. The number of halogens is 3. The minimum atomic E-state index is -4.72. The lowest BCUT2D eigenvalue weighted by Gasteiger charge is -2.19. The number of hydrogen-bond acceptors (Lipinski definition) is 4. The van der Waals surface area contributed by atoms with Crippen molar-refractivity contribution in [3.8, 4) is 5.75 Å². The molecule has 0 aliphatic rings. The molecule has 2 aromatic rings. The Labute approximate surface area is 150 Å². The van der Waals surface area contributed by atoms with Gasteiger partial charge in [0.1, 0.15) is 11.6 Å². The molecule has 140 valence electrons. The number of anilines is 2. The van der Waals surface area contributed by atoms with E-state index in [9.17, 15) is 13.2 Å². The Morgan fingerprint density at radius 2 is 1.77 bits per heavy atom. The summed E-state index contributed by atoms with van der Waals surface area (Å²) in [5, 5.41) is 11.6. The minimum Gasteiger partial charge on any atom is -0.406 e. The topological polar surface area (TPSA) is 58.0 Å². The van der Waals surface area contributed by atoms with E-state index < -0.39 is 6.36 Å². The van der Waals surface area contributed by atoms with Crippen LogP contribution in [-0.2, 0) is 0 Å². The maximum absolute atomic E-state index is 12.2. The van der Waals surface area contributed by atoms with Crippen LogP contribution in [0.2, 0.25) is 0 Å². The van der Waals surface area contributed by atoms with Crippen LogP contribution in [-0.4, -0.2) is 17.1 Å². The number of nitrogens with one attached hydrogen (secondary N) is 2. The van der Waals surface area contributed by atoms with Gasteiger partial charge in [-0.15, -0.1) is 13.2 Å². The van der Waals surface area contributed by atoms with Crippen molar-refractivity contribution in [2.45, 2.75) is 40.0 Å². The van der Waals surface area contributed by atoms with Crippen LogP contribution in [0.1, 0.15) is 37.8 Å². The molecule has 4 nitrogen and oxygen atoms in total. The standard InChI is InChI=1S/C19H22F3N3O/c1-4-13(5-2)17(23)16-12(3)10-11-24-18(16)25-14-6-8-15(9-7-14)26-19(20,21)22/h6-11,13,23H,4-5H2,1-3H3,(H,24,25). The average molecular weight is 365 g/mol. The number of alkyl halides is 3. The van der Waals surface area contributed by atoms with Crippen molar-refractivity contribution in [2.24, 2.45) is 5.92 Å². The average Bonchev–Trinajstić information content (AvgIpc) is 2.56. The molecular weight excluding hydrogens is 343 g/mol. The lowest BCUT2D eigenvalue weighted by molar-refractivity contribution is -0.274. The summed E-state index contributed by atoms with van der Waals surface area (Å²) in [5.74, 6) is 0.359. The van der Waals surface area contributed by atoms with Gasteiger partial charge in [-0.25, -0.2) is 4.98 Å². The second kappa shape index (κ2) is 8.21. The molecule has 0 fully saturated rings. The van der Waals surface area contributed by atoms with Crippen LogP contribution >= 0.6 is 0 Å². The van der Waals surface area contributed by atoms with Gasteiger partial charge in [0.25, 0.3) is 0 Å². The zero-order valence-electron chi connectivity index (χ0n) is 14.9. The van der Waals surface area contributed by atoms with Crippen molar-refractivity contribution in [1.82, 2.24) is 4.98 Å². The number of benzene rings is 1. The van der Waals surface area contributed by atoms with Crippen LogP contribution in [0, 0.1) is 18.3 Å². The van der Waals surface area contributed by atoms with Gasteiger partial charge in [0, 0.05) is 29.1 Å². The normalized spacial score (nSPS) is 11.5. The minimum absolute atomic E-state index is 0.126. The van der Waals surface area contributed by atoms with E-state index >= 15 is 0 Å². The van der Waals surface area contributed by atoms with E-state index in [2.05, 4.69) is 15.0 Å². The van der Waals surface area contributed by atoms with E-state index in [4.69, 9.17) is 5.41 Å². The molecule has 0 aliphatic carbocycles. The van der Waals surface area contributed by atoms with Gasteiger partial charge < -0.3 is 15.5 Å². The van der Waals surface area contributed by atoms with Crippen molar-refractivity contribution in [3.05, 3.63) is 47.7 Å². The molecule has 1 aromatic carbocycles. The van der Waals surface area contributed by atoms with Gasteiger partial charge in [0.05, 0.1) is 0 Å². The summed E-state index contributed by atoms with van der Waals surface area (Å²) in [4.78, 5) is 4.33. The Morgan fingerprint density at radius 3 is 2.31 bits per heavy atom. The predicted molar refractivity (Wildman–Crippen MR) is 96.3 cm³/mol. The maximum atomic E-state index is 12.2. The number of aryl methyl sites for hydroxylation is 1. The fraction of sp³-hybridized carbons (Fsp3) is 0.368. The summed E-state index contributed by atoms with van der Waals surface area (Å²) in [6.45, 7) is 6.00. The lowest BCUT2D eigenvalue weighted by Crippen LogP contribution is -2.17. The maximum Gasteiger partial charge on any atom is 0.573 e. The van der Waals surface area contributed by atoms with Crippen LogP contribution in [0.25, 0.3) is 0 Å².